The van der Waals surface area contributed by atoms with Gasteiger partial charge in [-0.2, -0.15) is 5.10 Å². The second-order valence-electron chi connectivity index (χ2n) is 4.09. The quantitative estimate of drug-likeness (QED) is 0.791. The van der Waals surface area contributed by atoms with Gasteiger partial charge < -0.3 is 4.74 Å². The van der Waals surface area contributed by atoms with Crippen LogP contribution < -0.4 is 4.74 Å². The van der Waals surface area contributed by atoms with Gasteiger partial charge in [-0.25, -0.2) is 8.78 Å². The Bertz CT molecular complexity index is 358. The molecular formula is C9H13ClF2N2O. The van der Waals surface area contributed by atoms with Crippen LogP contribution in [0.4, 0.5) is 8.78 Å². The molecule has 1 aromatic heterocycles. The van der Waals surface area contributed by atoms with E-state index in [1.807, 2.05) is 0 Å². The monoisotopic (exact) mass is 238 g/mol. The van der Waals surface area contributed by atoms with Crippen molar-refractivity contribution in [2.75, 3.05) is 7.11 Å². The molecule has 15 heavy (non-hydrogen) atoms. The highest BCUT2D eigenvalue weighted by Gasteiger charge is 2.30. The topological polar surface area (TPSA) is 27.1 Å². The molecule has 0 unspecified atom stereocenters. The van der Waals surface area contributed by atoms with Crippen LogP contribution in [0.1, 0.15) is 32.9 Å². The van der Waals surface area contributed by atoms with Crippen molar-refractivity contribution in [2.24, 2.45) is 0 Å². The summed E-state index contributed by atoms with van der Waals surface area (Å²) in [5.74, 6) is -0.0541. The molecule has 1 heterocycles. The highest BCUT2D eigenvalue weighted by atomic mass is 35.5. The maximum absolute atomic E-state index is 12.8. The van der Waals surface area contributed by atoms with Crippen molar-refractivity contribution < 1.29 is 13.5 Å². The van der Waals surface area contributed by atoms with Gasteiger partial charge in [0.1, 0.15) is 5.69 Å². The lowest BCUT2D eigenvalue weighted by atomic mass is 10.1. The fraction of sp³-hybridized carbons (Fsp3) is 0.667. The number of alkyl halides is 2. The molecule has 1 rings (SSSR count). The Morgan fingerprint density at radius 1 is 1.40 bits per heavy atom. The zero-order chi connectivity index (χ0) is 11.8. The van der Waals surface area contributed by atoms with Gasteiger partial charge in [-0.1, -0.05) is 11.6 Å². The first-order chi connectivity index (χ1) is 6.79. The number of halogens is 3. The van der Waals surface area contributed by atoms with E-state index < -0.39 is 12.0 Å². The Balaban J connectivity index is 3.40. The Labute approximate surface area is 92.0 Å². The van der Waals surface area contributed by atoms with Crippen LogP contribution in [0.5, 0.6) is 5.75 Å². The fourth-order valence-corrected chi connectivity index (χ4v) is 1.53. The third-order valence-electron chi connectivity index (χ3n) is 1.88. The summed E-state index contributed by atoms with van der Waals surface area (Å²) in [4.78, 5) is 0. The predicted molar refractivity (Wildman–Crippen MR) is 53.7 cm³/mol. The molecule has 3 nitrogen and oxygen atoms in total. The summed E-state index contributed by atoms with van der Waals surface area (Å²) in [6.07, 6.45) is -2.67. The lowest BCUT2D eigenvalue weighted by molar-refractivity contribution is 0.126. The molecule has 0 aliphatic heterocycles. The van der Waals surface area contributed by atoms with E-state index >= 15 is 0 Å². The third kappa shape index (κ3) is 2.22. The van der Waals surface area contributed by atoms with Crippen LogP contribution in [-0.4, -0.2) is 16.9 Å². The molecule has 6 heteroatoms. The van der Waals surface area contributed by atoms with Gasteiger partial charge in [0.25, 0.3) is 6.43 Å². The second kappa shape index (κ2) is 3.96. The van der Waals surface area contributed by atoms with Crippen LogP contribution in [0.25, 0.3) is 0 Å². The molecule has 0 aliphatic rings. The standard InChI is InChI=1S/C9H13ClF2N2O/c1-9(2,3)14-5(8(11)12)6(15-4)7(10)13-14/h8H,1-4H3. The molecule has 0 spiro atoms. The Hall–Kier alpha value is -0.840. The van der Waals surface area contributed by atoms with Crippen LogP contribution >= 0.6 is 11.6 Å². The van der Waals surface area contributed by atoms with Gasteiger partial charge in [-0.15, -0.1) is 0 Å². The summed E-state index contributed by atoms with van der Waals surface area (Å²) in [5.41, 5.74) is -0.846. The normalized spacial score (nSPS) is 12.3. The number of hydrogen-bond acceptors (Lipinski definition) is 2. The van der Waals surface area contributed by atoms with Crippen molar-refractivity contribution in [1.82, 2.24) is 9.78 Å². The maximum Gasteiger partial charge on any atom is 0.283 e. The van der Waals surface area contributed by atoms with E-state index in [9.17, 15) is 8.78 Å². The first-order valence-corrected chi connectivity index (χ1v) is 4.78. The van der Waals surface area contributed by atoms with Crippen molar-refractivity contribution >= 4 is 11.6 Å². The van der Waals surface area contributed by atoms with Crippen molar-refractivity contribution in [3.05, 3.63) is 10.8 Å². The molecule has 0 N–H and O–H groups in total. The Morgan fingerprint density at radius 2 is 1.93 bits per heavy atom. The first-order valence-electron chi connectivity index (χ1n) is 4.40. The van der Waals surface area contributed by atoms with Gasteiger partial charge in [0.15, 0.2) is 10.9 Å². The minimum Gasteiger partial charge on any atom is -0.491 e. The zero-order valence-electron chi connectivity index (χ0n) is 9.01. The van der Waals surface area contributed by atoms with Crippen molar-refractivity contribution in [1.29, 1.82) is 0 Å². The number of ether oxygens (including phenoxy) is 1. The van der Waals surface area contributed by atoms with E-state index in [2.05, 4.69) is 5.10 Å². The lowest BCUT2D eigenvalue weighted by Crippen LogP contribution is -2.25. The molecule has 0 saturated heterocycles. The molecule has 0 radical (unpaired) electrons. The van der Waals surface area contributed by atoms with Gasteiger partial charge in [0, 0.05) is 0 Å². The minimum atomic E-state index is -2.67. The fourth-order valence-electron chi connectivity index (χ4n) is 1.28. The number of methoxy groups -OCH3 is 1. The lowest BCUT2D eigenvalue weighted by Gasteiger charge is -2.22. The van der Waals surface area contributed by atoms with Gasteiger partial charge in [-0.3, -0.25) is 4.68 Å². The second-order valence-corrected chi connectivity index (χ2v) is 4.45. The molecule has 1 aromatic rings. The third-order valence-corrected chi connectivity index (χ3v) is 2.13. The number of nitrogens with zero attached hydrogens (tertiary/aromatic N) is 2. The van der Waals surface area contributed by atoms with Gasteiger partial charge in [0.2, 0.25) is 0 Å². The number of hydrogen-bond donors (Lipinski definition) is 0. The van der Waals surface area contributed by atoms with Crippen molar-refractivity contribution in [2.45, 2.75) is 32.7 Å². The molecule has 0 bridgehead atoms. The highest BCUT2D eigenvalue weighted by molar-refractivity contribution is 6.31. The summed E-state index contributed by atoms with van der Waals surface area (Å²) in [6, 6.07) is 0. The Kier molecular flexibility index (Phi) is 3.23. The predicted octanol–water partition coefficient (Wildman–Crippen LogP) is 3.24. The van der Waals surface area contributed by atoms with E-state index in [1.165, 1.54) is 11.8 Å². The zero-order valence-corrected chi connectivity index (χ0v) is 9.77. The van der Waals surface area contributed by atoms with Gasteiger partial charge in [0.05, 0.1) is 12.6 Å². The average Bonchev–Trinajstić information content (AvgIpc) is 2.41. The van der Waals surface area contributed by atoms with Crippen molar-refractivity contribution in [3.63, 3.8) is 0 Å². The molecule has 0 atom stereocenters. The summed E-state index contributed by atoms with van der Waals surface area (Å²) in [6.45, 7) is 5.30. The highest BCUT2D eigenvalue weighted by Crippen LogP contribution is 2.37. The molecule has 86 valence electrons. The van der Waals surface area contributed by atoms with E-state index in [0.717, 1.165) is 0 Å². The van der Waals surface area contributed by atoms with Crippen LogP contribution in [0, 0.1) is 0 Å². The van der Waals surface area contributed by atoms with Gasteiger partial charge in [-0.05, 0) is 20.8 Å². The minimum absolute atomic E-state index is 0.0391. The smallest absolute Gasteiger partial charge is 0.283 e. The van der Waals surface area contributed by atoms with Crippen LogP contribution in [0.15, 0.2) is 0 Å². The Morgan fingerprint density at radius 3 is 2.27 bits per heavy atom. The van der Waals surface area contributed by atoms with E-state index in [4.69, 9.17) is 16.3 Å². The van der Waals surface area contributed by atoms with E-state index in [1.54, 1.807) is 20.8 Å². The largest absolute Gasteiger partial charge is 0.491 e. The number of rotatable bonds is 2. The van der Waals surface area contributed by atoms with E-state index in [-0.39, 0.29) is 16.6 Å². The number of aromatic nitrogens is 2. The summed E-state index contributed by atoms with van der Waals surface area (Å²) < 4.78 is 31.6. The molecule has 0 aliphatic carbocycles. The molecular weight excluding hydrogens is 226 g/mol. The maximum atomic E-state index is 12.8. The summed E-state index contributed by atoms with van der Waals surface area (Å²) in [7, 11) is 1.29. The molecule has 0 saturated carbocycles. The molecule has 0 amide bonds. The van der Waals surface area contributed by atoms with E-state index in [0.29, 0.717) is 0 Å². The van der Waals surface area contributed by atoms with Crippen LogP contribution in [-0.2, 0) is 5.54 Å². The first kappa shape index (κ1) is 12.2. The molecule has 0 fully saturated rings. The molecule has 0 aromatic carbocycles. The summed E-state index contributed by atoms with van der Waals surface area (Å²) >= 11 is 5.71. The van der Waals surface area contributed by atoms with Crippen LogP contribution in [0.3, 0.4) is 0 Å². The van der Waals surface area contributed by atoms with Crippen LogP contribution in [0.2, 0.25) is 5.15 Å². The summed E-state index contributed by atoms with van der Waals surface area (Å²) in [5, 5.41) is 3.81. The SMILES string of the molecule is COc1c(Cl)nn(C(C)(C)C)c1C(F)F. The van der Waals surface area contributed by atoms with Crippen molar-refractivity contribution in [3.8, 4) is 5.75 Å². The average molecular weight is 239 g/mol. The van der Waals surface area contributed by atoms with Gasteiger partial charge >= 0.3 is 0 Å².